The number of hydrogen-bond donors (Lipinski definition) is 1. The van der Waals surface area contributed by atoms with Crippen LogP contribution < -0.4 is 5.32 Å². The molecule has 1 heterocycles. The van der Waals surface area contributed by atoms with Gasteiger partial charge in [-0.2, -0.15) is 5.26 Å². The molecule has 1 aromatic rings. The van der Waals surface area contributed by atoms with Gasteiger partial charge in [-0.25, -0.2) is 0 Å². The largest absolute Gasteiger partial charge is 0.384 e. The van der Waals surface area contributed by atoms with Crippen LogP contribution in [-0.4, -0.2) is 50.5 Å². The summed E-state index contributed by atoms with van der Waals surface area (Å²) in [5, 5.41) is 12.7. The van der Waals surface area contributed by atoms with Gasteiger partial charge in [0, 0.05) is 24.5 Å². The molecule has 0 spiro atoms. The SMILES string of the molecule is CSc1cccc(NCCCN2CCOCC2)c1C#N. The van der Waals surface area contributed by atoms with Crippen LogP contribution in [0.25, 0.3) is 0 Å². The molecule has 0 radical (unpaired) electrons. The Kier molecular flexibility index (Phi) is 6.19. The van der Waals surface area contributed by atoms with Crippen molar-refractivity contribution in [3.05, 3.63) is 23.8 Å². The predicted molar refractivity (Wildman–Crippen MR) is 83.3 cm³/mol. The Morgan fingerprint density at radius 1 is 1.40 bits per heavy atom. The Morgan fingerprint density at radius 3 is 2.90 bits per heavy atom. The zero-order valence-electron chi connectivity index (χ0n) is 11.9. The third kappa shape index (κ3) is 4.14. The van der Waals surface area contributed by atoms with Crippen molar-refractivity contribution in [1.29, 1.82) is 5.26 Å². The maximum absolute atomic E-state index is 9.27. The molecule has 4 nitrogen and oxygen atoms in total. The van der Waals surface area contributed by atoms with Crippen molar-refractivity contribution >= 4 is 17.4 Å². The number of thioether (sulfide) groups is 1. The lowest BCUT2D eigenvalue weighted by atomic mass is 10.2. The van der Waals surface area contributed by atoms with E-state index >= 15 is 0 Å². The number of hydrogen-bond acceptors (Lipinski definition) is 5. The summed E-state index contributed by atoms with van der Waals surface area (Å²) in [7, 11) is 0. The molecule has 0 amide bonds. The van der Waals surface area contributed by atoms with Crippen molar-refractivity contribution in [3.8, 4) is 6.07 Å². The molecule has 0 unspecified atom stereocenters. The van der Waals surface area contributed by atoms with Gasteiger partial charge in [-0.05, 0) is 31.4 Å². The van der Waals surface area contributed by atoms with Crippen LogP contribution in [0.15, 0.2) is 23.1 Å². The van der Waals surface area contributed by atoms with Gasteiger partial charge in [0.25, 0.3) is 0 Å². The number of anilines is 1. The van der Waals surface area contributed by atoms with Crippen molar-refractivity contribution in [2.45, 2.75) is 11.3 Å². The van der Waals surface area contributed by atoms with Gasteiger partial charge >= 0.3 is 0 Å². The van der Waals surface area contributed by atoms with E-state index < -0.39 is 0 Å². The van der Waals surface area contributed by atoms with Gasteiger partial charge in [-0.3, -0.25) is 4.90 Å². The predicted octanol–water partition coefficient (Wildman–Crippen LogP) is 2.41. The van der Waals surface area contributed by atoms with Gasteiger partial charge in [0.1, 0.15) is 6.07 Å². The first-order valence-corrected chi connectivity index (χ1v) is 8.18. The summed E-state index contributed by atoms with van der Waals surface area (Å²) in [5.41, 5.74) is 1.70. The second-order valence-electron chi connectivity index (χ2n) is 4.73. The average Bonchev–Trinajstić information content (AvgIpc) is 2.52. The molecule has 0 saturated carbocycles. The third-order valence-corrected chi connectivity index (χ3v) is 4.21. The summed E-state index contributed by atoms with van der Waals surface area (Å²) in [4.78, 5) is 3.46. The van der Waals surface area contributed by atoms with Crippen LogP contribution in [-0.2, 0) is 4.74 Å². The van der Waals surface area contributed by atoms with Crippen LogP contribution in [0.2, 0.25) is 0 Å². The maximum Gasteiger partial charge on any atom is 0.102 e. The zero-order valence-corrected chi connectivity index (χ0v) is 12.7. The minimum Gasteiger partial charge on any atom is -0.384 e. The summed E-state index contributed by atoms with van der Waals surface area (Å²) < 4.78 is 5.34. The van der Waals surface area contributed by atoms with Crippen LogP contribution in [0.5, 0.6) is 0 Å². The number of nitriles is 1. The quantitative estimate of drug-likeness (QED) is 0.644. The number of nitrogens with one attached hydrogen (secondary N) is 1. The van der Waals surface area contributed by atoms with Crippen molar-refractivity contribution < 1.29 is 4.74 Å². The molecular weight excluding hydrogens is 270 g/mol. The van der Waals surface area contributed by atoms with Crippen LogP contribution >= 0.6 is 11.8 Å². The lowest BCUT2D eigenvalue weighted by molar-refractivity contribution is 0.0378. The Balaban J connectivity index is 1.80. The van der Waals surface area contributed by atoms with Gasteiger partial charge in [0.05, 0.1) is 24.5 Å². The zero-order chi connectivity index (χ0) is 14.2. The second kappa shape index (κ2) is 8.15. The Labute approximate surface area is 125 Å². The van der Waals surface area contributed by atoms with Crippen molar-refractivity contribution in [2.24, 2.45) is 0 Å². The number of morpholine rings is 1. The van der Waals surface area contributed by atoms with E-state index in [-0.39, 0.29) is 0 Å². The topological polar surface area (TPSA) is 48.3 Å². The van der Waals surface area contributed by atoms with Gasteiger partial charge in [-0.1, -0.05) is 6.07 Å². The highest BCUT2D eigenvalue weighted by atomic mass is 32.2. The first-order chi connectivity index (χ1) is 9.85. The van der Waals surface area contributed by atoms with Gasteiger partial charge in [0.15, 0.2) is 0 Å². The lowest BCUT2D eigenvalue weighted by Crippen LogP contribution is -2.37. The highest BCUT2D eigenvalue weighted by Gasteiger charge is 2.10. The van der Waals surface area contributed by atoms with Crippen molar-refractivity contribution in [3.63, 3.8) is 0 Å². The van der Waals surface area contributed by atoms with E-state index in [2.05, 4.69) is 16.3 Å². The van der Waals surface area contributed by atoms with Crippen molar-refractivity contribution in [2.75, 3.05) is 51.0 Å². The molecule has 1 aliphatic heterocycles. The molecule has 1 saturated heterocycles. The Hall–Kier alpha value is -1.22. The van der Waals surface area contributed by atoms with E-state index in [0.29, 0.717) is 0 Å². The highest BCUT2D eigenvalue weighted by Crippen LogP contribution is 2.26. The molecule has 0 aromatic heterocycles. The van der Waals surface area contributed by atoms with Gasteiger partial charge in [0.2, 0.25) is 0 Å². The minimum atomic E-state index is 0.756. The number of benzene rings is 1. The number of nitrogens with zero attached hydrogens (tertiary/aromatic N) is 2. The first-order valence-electron chi connectivity index (χ1n) is 6.96. The van der Waals surface area contributed by atoms with Gasteiger partial charge < -0.3 is 10.1 Å². The van der Waals surface area contributed by atoms with E-state index in [9.17, 15) is 5.26 Å². The van der Waals surface area contributed by atoms with Gasteiger partial charge in [-0.15, -0.1) is 11.8 Å². The summed E-state index contributed by atoms with van der Waals surface area (Å²) in [6.45, 7) is 5.74. The Bertz CT molecular complexity index is 467. The lowest BCUT2D eigenvalue weighted by Gasteiger charge is -2.26. The Morgan fingerprint density at radius 2 is 2.20 bits per heavy atom. The molecule has 20 heavy (non-hydrogen) atoms. The van der Waals surface area contributed by atoms with Crippen LogP contribution in [0.4, 0.5) is 5.69 Å². The van der Waals surface area contributed by atoms with Crippen molar-refractivity contribution in [1.82, 2.24) is 4.90 Å². The molecule has 1 aliphatic rings. The second-order valence-corrected chi connectivity index (χ2v) is 5.58. The molecule has 108 valence electrons. The number of ether oxygens (including phenoxy) is 1. The molecule has 0 bridgehead atoms. The summed E-state index contributed by atoms with van der Waals surface area (Å²) >= 11 is 1.61. The molecule has 1 N–H and O–H groups in total. The standard InChI is InChI=1S/C15H21N3OS/c1-20-15-5-2-4-14(13(15)12-16)17-6-3-7-18-8-10-19-11-9-18/h2,4-5,17H,3,6-11H2,1H3. The minimum absolute atomic E-state index is 0.756. The van der Waals surface area contributed by atoms with Crippen LogP contribution in [0.1, 0.15) is 12.0 Å². The van der Waals surface area contributed by atoms with E-state index in [1.54, 1.807) is 11.8 Å². The molecule has 0 aliphatic carbocycles. The normalized spacial score (nSPS) is 15.8. The number of rotatable bonds is 6. The summed E-state index contributed by atoms with van der Waals surface area (Å²) in [6, 6.07) is 8.26. The highest BCUT2D eigenvalue weighted by molar-refractivity contribution is 7.98. The molecule has 1 fully saturated rings. The molecular formula is C15H21N3OS. The average molecular weight is 291 g/mol. The van der Waals surface area contributed by atoms with E-state index in [0.717, 1.165) is 62.0 Å². The molecule has 2 rings (SSSR count). The van der Waals surface area contributed by atoms with Crippen LogP contribution in [0.3, 0.4) is 0 Å². The molecule has 1 aromatic carbocycles. The maximum atomic E-state index is 9.27. The monoisotopic (exact) mass is 291 g/mol. The molecule has 5 heteroatoms. The fraction of sp³-hybridized carbons (Fsp3) is 0.533. The summed E-state index contributed by atoms with van der Waals surface area (Å²) in [5.74, 6) is 0. The van der Waals surface area contributed by atoms with E-state index in [1.165, 1.54) is 0 Å². The summed E-state index contributed by atoms with van der Waals surface area (Å²) in [6.07, 6.45) is 3.08. The van der Waals surface area contributed by atoms with Crippen LogP contribution in [0, 0.1) is 11.3 Å². The molecule has 0 atom stereocenters. The first kappa shape index (κ1) is 15.2. The van der Waals surface area contributed by atoms with E-state index in [4.69, 9.17) is 4.74 Å². The van der Waals surface area contributed by atoms with E-state index in [1.807, 2.05) is 24.5 Å². The fourth-order valence-corrected chi connectivity index (χ4v) is 2.89. The fourth-order valence-electron chi connectivity index (χ4n) is 2.31. The third-order valence-electron chi connectivity index (χ3n) is 3.43. The smallest absolute Gasteiger partial charge is 0.102 e.